The van der Waals surface area contributed by atoms with Crippen molar-refractivity contribution in [1.29, 1.82) is 5.26 Å². The molecule has 1 heterocycles. The molecular formula is C12H14N4O3. The number of aliphatic hydroxyl groups excluding tert-OH is 1. The van der Waals surface area contributed by atoms with Gasteiger partial charge < -0.3 is 10.0 Å². The van der Waals surface area contributed by atoms with Crippen molar-refractivity contribution in [3.8, 4) is 6.07 Å². The maximum atomic E-state index is 10.7. The molecule has 0 unspecified atom stereocenters. The molecule has 1 saturated carbocycles. The smallest absolute Gasteiger partial charge is 0.305 e. The third-order valence-electron chi connectivity index (χ3n) is 3.30. The fourth-order valence-electron chi connectivity index (χ4n) is 2.21. The van der Waals surface area contributed by atoms with Gasteiger partial charge in [-0.1, -0.05) is 0 Å². The van der Waals surface area contributed by atoms with Crippen LogP contribution < -0.4 is 4.90 Å². The van der Waals surface area contributed by atoms with Crippen LogP contribution in [0.1, 0.15) is 18.5 Å². The Hall–Kier alpha value is -2.20. The maximum Gasteiger partial charge on any atom is 0.305 e. The van der Waals surface area contributed by atoms with Crippen molar-refractivity contribution in [1.82, 2.24) is 4.98 Å². The van der Waals surface area contributed by atoms with E-state index in [0.29, 0.717) is 18.3 Å². The monoisotopic (exact) mass is 262 g/mol. The number of pyridine rings is 1. The number of nitrogens with zero attached hydrogens (tertiary/aromatic N) is 4. The third-order valence-corrected chi connectivity index (χ3v) is 3.30. The normalized spacial score (nSPS) is 21.3. The van der Waals surface area contributed by atoms with Gasteiger partial charge in [0.2, 0.25) is 5.69 Å². The van der Waals surface area contributed by atoms with Gasteiger partial charge in [-0.15, -0.1) is 0 Å². The van der Waals surface area contributed by atoms with Crippen molar-refractivity contribution >= 4 is 11.5 Å². The largest absolute Gasteiger partial charge is 0.393 e. The number of nitro groups is 1. The first kappa shape index (κ1) is 13.2. The second-order valence-corrected chi connectivity index (χ2v) is 4.78. The lowest BCUT2D eigenvalue weighted by molar-refractivity contribution is -0.385. The number of rotatable bonds is 4. The summed E-state index contributed by atoms with van der Waals surface area (Å²) in [6.07, 6.45) is 1.32. The molecule has 0 bridgehead atoms. The minimum absolute atomic E-state index is 0.178. The molecule has 100 valence electrons. The highest BCUT2D eigenvalue weighted by molar-refractivity contribution is 5.51. The Kier molecular flexibility index (Phi) is 3.62. The van der Waals surface area contributed by atoms with Crippen LogP contribution in [0.5, 0.6) is 0 Å². The topological polar surface area (TPSA) is 103 Å². The van der Waals surface area contributed by atoms with Gasteiger partial charge in [0.1, 0.15) is 11.9 Å². The van der Waals surface area contributed by atoms with E-state index < -0.39 is 4.92 Å². The number of hydrogen-bond acceptors (Lipinski definition) is 6. The molecule has 0 aliphatic heterocycles. The first-order chi connectivity index (χ1) is 9.01. The predicted molar refractivity (Wildman–Crippen MR) is 67.6 cm³/mol. The lowest BCUT2D eigenvalue weighted by Gasteiger charge is -2.34. The zero-order valence-electron chi connectivity index (χ0n) is 10.5. The Labute approximate surface area is 110 Å². The number of aliphatic hydroxyl groups is 1. The van der Waals surface area contributed by atoms with Crippen LogP contribution in [0.25, 0.3) is 0 Å². The Morgan fingerprint density at radius 2 is 2.32 bits per heavy atom. The highest BCUT2D eigenvalue weighted by atomic mass is 16.6. The SMILES string of the molecule is CN(CC1CC(O)C1)c1ccc([N+](=O)[O-])c(C#N)n1. The van der Waals surface area contributed by atoms with Crippen molar-refractivity contribution in [2.24, 2.45) is 5.92 Å². The summed E-state index contributed by atoms with van der Waals surface area (Å²) >= 11 is 0. The van der Waals surface area contributed by atoms with Gasteiger partial charge in [0, 0.05) is 19.7 Å². The third kappa shape index (κ3) is 2.80. The first-order valence-electron chi connectivity index (χ1n) is 5.96. The molecule has 1 aromatic rings. The molecule has 0 aromatic carbocycles. The quantitative estimate of drug-likeness (QED) is 0.643. The van der Waals surface area contributed by atoms with E-state index in [0.717, 1.165) is 12.8 Å². The van der Waals surface area contributed by atoms with E-state index >= 15 is 0 Å². The summed E-state index contributed by atoms with van der Waals surface area (Å²) in [6.45, 7) is 0.715. The molecule has 0 spiro atoms. The molecule has 1 N–H and O–H groups in total. The van der Waals surface area contributed by atoms with Crippen molar-refractivity contribution < 1.29 is 10.0 Å². The van der Waals surface area contributed by atoms with Crippen molar-refractivity contribution in [2.45, 2.75) is 18.9 Å². The Morgan fingerprint density at radius 3 is 2.84 bits per heavy atom. The predicted octanol–water partition coefficient (Wildman–Crippen LogP) is 1.07. The molecular weight excluding hydrogens is 248 g/mol. The molecule has 1 aliphatic rings. The number of hydrogen-bond donors (Lipinski definition) is 1. The molecule has 2 rings (SSSR count). The zero-order valence-corrected chi connectivity index (χ0v) is 10.5. The standard InChI is InChI=1S/C12H14N4O3/c1-15(7-8-4-9(17)5-8)12-3-2-11(16(18)19)10(6-13)14-12/h2-3,8-9,17H,4-5,7H2,1H3. The van der Waals surface area contributed by atoms with Crippen LogP contribution in [-0.4, -0.2) is 34.7 Å². The molecule has 0 atom stereocenters. The molecule has 7 nitrogen and oxygen atoms in total. The Balaban J connectivity index is 2.12. The van der Waals surface area contributed by atoms with Gasteiger partial charge >= 0.3 is 5.69 Å². The van der Waals surface area contributed by atoms with E-state index in [1.807, 2.05) is 11.9 Å². The lowest BCUT2D eigenvalue weighted by atomic mass is 9.82. The van der Waals surface area contributed by atoms with Gasteiger partial charge in [-0.25, -0.2) is 4.98 Å². The van der Waals surface area contributed by atoms with E-state index in [2.05, 4.69) is 4.98 Å². The summed E-state index contributed by atoms with van der Waals surface area (Å²) in [6, 6.07) is 4.58. The highest BCUT2D eigenvalue weighted by Gasteiger charge is 2.28. The van der Waals surface area contributed by atoms with Crippen molar-refractivity contribution in [2.75, 3.05) is 18.5 Å². The minimum Gasteiger partial charge on any atom is -0.393 e. The summed E-state index contributed by atoms with van der Waals surface area (Å²) in [5.41, 5.74) is -0.457. The molecule has 0 radical (unpaired) electrons. The van der Waals surface area contributed by atoms with Gasteiger partial charge in [-0.2, -0.15) is 5.26 Å². The second kappa shape index (κ2) is 5.20. The van der Waals surface area contributed by atoms with Crippen LogP contribution in [-0.2, 0) is 0 Å². The van der Waals surface area contributed by atoms with Gasteiger partial charge in [-0.05, 0) is 24.8 Å². The summed E-state index contributed by atoms with van der Waals surface area (Å²) in [4.78, 5) is 15.9. The molecule has 7 heteroatoms. The van der Waals surface area contributed by atoms with Gasteiger partial charge in [0.15, 0.2) is 0 Å². The first-order valence-corrected chi connectivity index (χ1v) is 5.96. The van der Waals surface area contributed by atoms with Crippen LogP contribution in [0.4, 0.5) is 11.5 Å². The summed E-state index contributed by atoms with van der Waals surface area (Å²) in [5.74, 6) is 0.936. The van der Waals surface area contributed by atoms with Crippen LogP contribution in [0, 0.1) is 27.4 Å². The van der Waals surface area contributed by atoms with Crippen LogP contribution in [0.15, 0.2) is 12.1 Å². The Morgan fingerprint density at radius 1 is 1.63 bits per heavy atom. The van der Waals surface area contributed by atoms with Crippen LogP contribution in [0.2, 0.25) is 0 Å². The molecule has 0 saturated heterocycles. The van der Waals surface area contributed by atoms with Crippen molar-refractivity contribution in [3.05, 3.63) is 27.9 Å². The van der Waals surface area contributed by atoms with Crippen LogP contribution in [0.3, 0.4) is 0 Å². The van der Waals surface area contributed by atoms with E-state index in [4.69, 9.17) is 5.26 Å². The maximum absolute atomic E-state index is 10.7. The molecule has 1 aromatic heterocycles. The number of nitriles is 1. The molecule has 19 heavy (non-hydrogen) atoms. The highest BCUT2D eigenvalue weighted by Crippen LogP contribution is 2.29. The lowest BCUT2D eigenvalue weighted by Crippen LogP contribution is -2.37. The van der Waals surface area contributed by atoms with E-state index in [9.17, 15) is 15.2 Å². The minimum atomic E-state index is -0.613. The summed E-state index contributed by atoms with van der Waals surface area (Å²) in [5, 5.41) is 28.8. The van der Waals surface area contributed by atoms with E-state index in [1.165, 1.54) is 12.1 Å². The molecule has 1 fully saturated rings. The molecule has 1 aliphatic carbocycles. The number of aromatic nitrogens is 1. The average Bonchev–Trinajstić information content (AvgIpc) is 2.35. The number of anilines is 1. The van der Waals surface area contributed by atoms with Gasteiger partial charge in [0.05, 0.1) is 11.0 Å². The fraction of sp³-hybridized carbons (Fsp3) is 0.500. The fourth-order valence-corrected chi connectivity index (χ4v) is 2.21. The summed E-state index contributed by atoms with van der Waals surface area (Å²) in [7, 11) is 1.82. The second-order valence-electron chi connectivity index (χ2n) is 4.78. The van der Waals surface area contributed by atoms with Gasteiger partial charge in [0.25, 0.3) is 0 Å². The molecule has 0 amide bonds. The average molecular weight is 262 g/mol. The van der Waals surface area contributed by atoms with Gasteiger partial charge in [-0.3, -0.25) is 10.1 Å². The van der Waals surface area contributed by atoms with E-state index in [1.54, 1.807) is 6.07 Å². The zero-order chi connectivity index (χ0) is 14.0. The van der Waals surface area contributed by atoms with Crippen LogP contribution >= 0.6 is 0 Å². The Bertz CT molecular complexity index is 534. The van der Waals surface area contributed by atoms with Crippen molar-refractivity contribution in [3.63, 3.8) is 0 Å². The van der Waals surface area contributed by atoms with E-state index in [-0.39, 0.29) is 17.5 Å². The summed E-state index contributed by atoms with van der Waals surface area (Å²) < 4.78 is 0.